The van der Waals surface area contributed by atoms with E-state index in [1.54, 1.807) is 12.3 Å². The number of rotatable bonds is 6. The lowest BCUT2D eigenvalue weighted by atomic mass is 10.1. The van der Waals surface area contributed by atoms with E-state index in [1.807, 2.05) is 56.1 Å². The van der Waals surface area contributed by atoms with Crippen LogP contribution in [0.15, 0.2) is 42.6 Å². The lowest BCUT2D eigenvalue weighted by molar-refractivity contribution is 0.288. The minimum absolute atomic E-state index is 0.0361. The van der Waals surface area contributed by atoms with Gasteiger partial charge >= 0.3 is 0 Å². The molecule has 0 aliphatic carbocycles. The standard InChI is InChI=1S/C22H24Cl2N4O/c1-13-7-5-8-14(2)20(13)29-12-15(3)28(4)22-26-11-17(21(25)27-22)16-9-6-10-18(23)19(16)24/h5-11,15H,12H2,1-4H3,(H2,25,26,27). The van der Waals surface area contributed by atoms with Crippen LogP contribution in [0.3, 0.4) is 0 Å². The Hall–Kier alpha value is -2.50. The summed E-state index contributed by atoms with van der Waals surface area (Å²) in [6.07, 6.45) is 1.67. The van der Waals surface area contributed by atoms with Crippen LogP contribution in [-0.4, -0.2) is 29.7 Å². The topological polar surface area (TPSA) is 64.3 Å². The number of likely N-dealkylation sites (N-methyl/N-ethyl adjacent to an activating group) is 1. The van der Waals surface area contributed by atoms with Crippen molar-refractivity contribution in [3.05, 3.63) is 63.8 Å². The zero-order valence-corrected chi connectivity index (χ0v) is 18.4. The Morgan fingerprint density at radius 1 is 1.07 bits per heavy atom. The van der Waals surface area contributed by atoms with Gasteiger partial charge in [0.25, 0.3) is 0 Å². The van der Waals surface area contributed by atoms with Crippen molar-refractivity contribution in [3.63, 3.8) is 0 Å². The summed E-state index contributed by atoms with van der Waals surface area (Å²) in [6.45, 7) is 6.63. The molecule has 29 heavy (non-hydrogen) atoms. The largest absolute Gasteiger partial charge is 0.491 e. The second kappa shape index (κ2) is 8.89. The van der Waals surface area contributed by atoms with Gasteiger partial charge in [0.05, 0.1) is 16.1 Å². The molecular weight excluding hydrogens is 407 g/mol. The molecule has 0 radical (unpaired) electrons. The van der Waals surface area contributed by atoms with E-state index in [2.05, 4.69) is 16.9 Å². The first kappa shape index (κ1) is 21.2. The van der Waals surface area contributed by atoms with Crippen molar-refractivity contribution < 1.29 is 4.74 Å². The average molecular weight is 431 g/mol. The lowest BCUT2D eigenvalue weighted by Gasteiger charge is -2.26. The predicted molar refractivity (Wildman–Crippen MR) is 121 cm³/mol. The predicted octanol–water partition coefficient (Wildman–Crippen LogP) is 5.55. The zero-order chi connectivity index (χ0) is 21.1. The van der Waals surface area contributed by atoms with Crippen molar-refractivity contribution in [2.75, 3.05) is 24.3 Å². The molecule has 1 heterocycles. The fourth-order valence-electron chi connectivity index (χ4n) is 3.01. The molecule has 1 unspecified atom stereocenters. The molecule has 0 saturated carbocycles. The van der Waals surface area contributed by atoms with Crippen LogP contribution in [0.2, 0.25) is 10.0 Å². The number of hydrogen-bond acceptors (Lipinski definition) is 5. The molecule has 0 aliphatic rings. The van der Waals surface area contributed by atoms with E-state index in [0.29, 0.717) is 39.5 Å². The normalized spacial score (nSPS) is 11.9. The zero-order valence-electron chi connectivity index (χ0n) is 16.9. The second-order valence-corrected chi connectivity index (χ2v) is 7.85. The lowest BCUT2D eigenvalue weighted by Crippen LogP contribution is -2.35. The molecule has 0 spiro atoms. The Labute approximate surface area is 181 Å². The number of halogens is 2. The van der Waals surface area contributed by atoms with Gasteiger partial charge in [0.15, 0.2) is 0 Å². The van der Waals surface area contributed by atoms with E-state index in [1.165, 1.54) is 0 Å². The molecule has 7 heteroatoms. The number of ether oxygens (including phenoxy) is 1. The van der Waals surface area contributed by atoms with Crippen LogP contribution in [-0.2, 0) is 0 Å². The highest BCUT2D eigenvalue weighted by molar-refractivity contribution is 6.43. The summed E-state index contributed by atoms with van der Waals surface area (Å²) < 4.78 is 6.06. The monoisotopic (exact) mass is 430 g/mol. The van der Waals surface area contributed by atoms with E-state index < -0.39 is 0 Å². The van der Waals surface area contributed by atoms with Gasteiger partial charge in [-0.3, -0.25) is 0 Å². The van der Waals surface area contributed by atoms with Gasteiger partial charge < -0.3 is 15.4 Å². The van der Waals surface area contributed by atoms with Gasteiger partial charge in [0.1, 0.15) is 18.2 Å². The maximum absolute atomic E-state index is 6.31. The van der Waals surface area contributed by atoms with Crippen LogP contribution >= 0.6 is 23.2 Å². The first-order chi connectivity index (χ1) is 13.8. The van der Waals surface area contributed by atoms with Crippen molar-refractivity contribution in [1.29, 1.82) is 0 Å². The van der Waals surface area contributed by atoms with E-state index in [-0.39, 0.29) is 6.04 Å². The van der Waals surface area contributed by atoms with Gasteiger partial charge in [-0.1, -0.05) is 53.5 Å². The Kier molecular flexibility index (Phi) is 6.50. The number of aryl methyl sites for hydroxylation is 2. The van der Waals surface area contributed by atoms with Crippen molar-refractivity contribution in [2.24, 2.45) is 0 Å². The molecule has 2 aromatic carbocycles. The summed E-state index contributed by atoms with van der Waals surface area (Å²) in [7, 11) is 1.92. The third-order valence-electron chi connectivity index (χ3n) is 4.90. The summed E-state index contributed by atoms with van der Waals surface area (Å²) in [6, 6.07) is 11.5. The van der Waals surface area contributed by atoms with Crippen LogP contribution < -0.4 is 15.4 Å². The average Bonchev–Trinajstić information content (AvgIpc) is 2.69. The van der Waals surface area contributed by atoms with Crippen molar-refractivity contribution in [2.45, 2.75) is 26.8 Å². The molecule has 3 rings (SSSR count). The number of para-hydroxylation sites is 1. The number of aromatic nitrogens is 2. The van der Waals surface area contributed by atoms with Crippen LogP contribution in [0, 0.1) is 13.8 Å². The van der Waals surface area contributed by atoms with E-state index in [9.17, 15) is 0 Å². The summed E-state index contributed by atoms with van der Waals surface area (Å²) in [5.74, 6) is 1.77. The first-order valence-corrected chi connectivity index (χ1v) is 10.0. The number of anilines is 2. The van der Waals surface area contributed by atoms with Gasteiger partial charge in [0.2, 0.25) is 5.95 Å². The third kappa shape index (κ3) is 4.57. The number of nitrogens with zero attached hydrogens (tertiary/aromatic N) is 3. The number of nitrogen functional groups attached to an aromatic ring is 1. The van der Waals surface area contributed by atoms with E-state index in [4.69, 9.17) is 33.7 Å². The molecule has 2 N–H and O–H groups in total. The fraction of sp³-hybridized carbons (Fsp3) is 0.273. The molecule has 0 aliphatic heterocycles. The summed E-state index contributed by atoms with van der Waals surface area (Å²) in [5, 5.41) is 0.892. The van der Waals surface area contributed by atoms with Gasteiger partial charge in [-0.2, -0.15) is 4.98 Å². The van der Waals surface area contributed by atoms with E-state index in [0.717, 1.165) is 16.9 Å². The highest BCUT2D eigenvalue weighted by Crippen LogP contribution is 2.35. The quantitative estimate of drug-likeness (QED) is 0.554. The SMILES string of the molecule is Cc1cccc(C)c1OCC(C)N(C)c1ncc(-c2cccc(Cl)c2Cl)c(N)n1. The molecule has 5 nitrogen and oxygen atoms in total. The van der Waals surface area contributed by atoms with Gasteiger partial charge in [-0.15, -0.1) is 0 Å². The fourth-order valence-corrected chi connectivity index (χ4v) is 3.42. The van der Waals surface area contributed by atoms with Gasteiger partial charge in [-0.05, 0) is 38.0 Å². The highest BCUT2D eigenvalue weighted by atomic mass is 35.5. The Balaban J connectivity index is 1.76. The molecule has 1 aromatic heterocycles. The summed E-state index contributed by atoms with van der Waals surface area (Å²) >= 11 is 12.4. The Morgan fingerprint density at radius 3 is 2.38 bits per heavy atom. The van der Waals surface area contributed by atoms with Crippen LogP contribution in [0.1, 0.15) is 18.1 Å². The molecular formula is C22H24Cl2N4O. The molecule has 3 aromatic rings. The molecule has 0 saturated heterocycles. The summed E-state index contributed by atoms with van der Waals surface area (Å²) in [4.78, 5) is 10.9. The Morgan fingerprint density at radius 2 is 1.72 bits per heavy atom. The summed E-state index contributed by atoms with van der Waals surface area (Å²) in [5.41, 5.74) is 9.79. The Bertz CT molecular complexity index is 1010. The molecule has 0 amide bonds. The van der Waals surface area contributed by atoms with Crippen LogP contribution in [0.25, 0.3) is 11.1 Å². The van der Waals surface area contributed by atoms with Gasteiger partial charge in [0, 0.05) is 24.4 Å². The van der Waals surface area contributed by atoms with Crippen LogP contribution in [0.4, 0.5) is 11.8 Å². The van der Waals surface area contributed by atoms with Crippen LogP contribution in [0.5, 0.6) is 5.75 Å². The molecule has 0 bridgehead atoms. The highest BCUT2D eigenvalue weighted by Gasteiger charge is 2.17. The third-order valence-corrected chi connectivity index (χ3v) is 5.72. The first-order valence-electron chi connectivity index (χ1n) is 9.28. The number of benzene rings is 2. The van der Waals surface area contributed by atoms with Crippen molar-refractivity contribution in [1.82, 2.24) is 9.97 Å². The minimum atomic E-state index is 0.0361. The van der Waals surface area contributed by atoms with Crippen molar-refractivity contribution >= 4 is 35.0 Å². The number of nitrogens with two attached hydrogens (primary N) is 1. The number of hydrogen-bond donors (Lipinski definition) is 1. The van der Waals surface area contributed by atoms with Crippen molar-refractivity contribution in [3.8, 4) is 16.9 Å². The maximum Gasteiger partial charge on any atom is 0.227 e. The molecule has 0 fully saturated rings. The molecule has 1 atom stereocenters. The van der Waals surface area contributed by atoms with Gasteiger partial charge in [-0.25, -0.2) is 4.98 Å². The maximum atomic E-state index is 6.31. The minimum Gasteiger partial charge on any atom is -0.491 e. The smallest absolute Gasteiger partial charge is 0.227 e. The second-order valence-electron chi connectivity index (χ2n) is 7.06. The molecule has 152 valence electrons. The van der Waals surface area contributed by atoms with E-state index >= 15 is 0 Å².